The summed E-state index contributed by atoms with van der Waals surface area (Å²) in [7, 11) is 1.34. The van der Waals surface area contributed by atoms with Gasteiger partial charge in [-0.2, -0.15) is 11.8 Å². The van der Waals surface area contributed by atoms with Crippen LogP contribution in [0.25, 0.3) is 11.0 Å². The van der Waals surface area contributed by atoms with Crippen LogP contribution in [0.1, 0.15) is 35.4 Å². The van der Waals surface area contributed by atoms with Crippen LogP contribution in [-0.4, -0.2) is 61.6 Å². The Balaban J connectivity index is 1.48. The second-order valence-corrected chi connectivity index (χ2v) is 9.68. The number of hydrogen-bond acceptors (Lipinski definition) is 8. The number of nitrogens with one attached hydrogen (secondary N) is 3. The summed E-state index contributed by atoms with van der Waals surface area (Å²) < 4.78 is 15.4. The van der Waals surface area contributed by atoms with E-state index in [0.717, 1.165) is 10.9 Å². The number of rotatable bonds is 15. The molecule has 0 bridgehead atoms. The SMILES string of the molecule is COC(=O)CSCCCNC(=O)[C@H](CCCNC(=O)OCc1ccccc1)NC(=O)c1cc2ccccc2o1. The number of para-hydroxylation sites is 1. The van der Waals surface area contributed by atoms with Gasteiger partial charge in [-0.3, -0.25) is 14.4 Å². The molecule has 1 aromatic heterocycles. The lowest BCUT2D eigenvalue weighted by Gasteiger charge is -2.18. The molecule has 11 heteroatoms. The van der Waals surface area contributed by atoms with Crippen molar-refractivity contribution in [3.8, 4) is 0 Å². The fraction of sp³-hybridized carbons (Fsp3) is 0.357. The van der Waals surface area contributed by atoms with Crippen molar-refractivity contribution in [3.05, 3.63) is 72.0 Å². The van der Waals surface area contributed by atoms with Crippen molar-refractivity contribution in [3.63, 3.8) is 0 Å². The number of hydrogen-bond donors (Lipinski definition) is 3. The van der Waals surface area contributed by atoms with Crippen molar-refractivity contribution >= 4 is 46.6 Å². The number of benzene rings is 2. The number of alkyl carbamates (subject to hydrolysis) is 1. The van der Waals surface area contributed by atoms with Crippen LogP contribution < -0.4 is 16.0 Å². The number of methoxy groups -OCH3 is 1. The molecule has 0 saturated carbocycles. The van der Waals surface area contributed by atoms with E-state index >= 15 is 0 Å². The number of ether oxygens (including phenoxy) is 2. The van der Waals surface area contributed by atoms with Gasteiger partial charge in [0, 0.05) is 18.5 Å². The maximum atomic E-state index is 12.9. The first-order chi connectivity index (χ1) is 19.0. The van der Waals surface area contributed by atoms with Crippen LogP contribution in [0.2, 0.25) is 0 Å². The summed E-state index contributed by atoms with van der Waals surface area (Å²) in [5, 5.41) is 9.03. The molecule has 3 N–H and O–H groups in total. The molecule has 0 aliphatic heterocycles. The summed E-state index contributed by atoms with van der Waals surface area (Å²) in [6.07, 6.45) is 0.796. The van der Waals surface area contributed by atoms with Crippen molar-refractivity contribution in [2.45, 2.75) is 31.9 Å². The van der Waals surface area contributed by atoms with Gasteiger partial charge in [-0.05, 0) is 42.7 Å². The Morgan fingerprint density at radius 3 is 2.46 bits per heavy atom. The molecular weight excluding hydrogens is 522 g/mol. The highest BCUT2D eigenvalue weighted by Gasteiger charge is 2.23. The van der Waals surface area contributed by atoms with Gasteiger partial charge in [-0.15, -0.1) is 0 Å². The fourth-order valence-electron chi connectivity index (χ4n) is 3.59. The first kappa shape index (κ1) is 29.6. The number of fused-ring (bicyclic) bond motifs is 1. The van der Waals surface area contributed by atoms with Gasteiger partial charge in [-0.25, -0.2) is 4.79 Å². The van der Waals surface area contributed by atoms with E-state index in [4.69, 9.17) is 9.15 Å². The molecule has 1 heterocycles. The molecule has 0 aliphatic rings. The van der Waals surface area contributed by atoms with Crippen molar-refractivity contribution in [2.75, 3.05) is 31.7 Å². The van der Waals surface area contributed by atoms with Crippen molar-refractivity contribution < 1.29 is 33.1 Å². The number of esters is 1. The number of amides is 3. The summed E-state index contributed by atoms with van der Waals surface area (Å²) in [5.41, 5.74) is 1.45. The van der Waals surface area contributed by atoms with Gasteiger partial charge in [0.1, 0.15) is 18.2 Å². The molecule has 0 saturated heterocycles. The van der Waals surface area contributed by atoms with Gasteiger partial charge in [0.15, 0.2) is 5.76 Å². The lowest BCUT2D eigenvalue weighted by molar-refractivity contribution is -0.137. The monoisotopic (exact) mass is 555 g/mol. The molecule has 3 aromatic rings. The van der Waals surface area contributed by atoms with E-state index in [1.165, 1.54) is 18.9 Å². The van der Waals surface area contributed by atoms with E-state index in [-0.39, 0.29) is 43.0 Å². The summed E-state index contributed by atoms with van der Waals surface area (Å²) >= 11 is 1.42. The molecule has 2 aromatic carbocycles. The lowest BCUT2D eigenvalue weighted by atomic mass is 10.1. The molecule has 3 rings (SSSR count). The molecule has 1 atom stereocenters. The minimum Gasteiger partial charge on any atom is -0.468 e. The molecule has 0 fully saturated rings. The van der Waals surface area contributed by atoms with Crippen LogP contribution in [0.4, 0.5) is 4.79 Å². The molecule has 0 radical (unpaired) electrons. The molecule has 0 unspecified atom stereocenters. The lowest BCUT2D eigenvalue weighted by Crippen LogP contribution is -2.47. The minimum atomic E-state index is -0.837. The Labute approximate surface area is 231 Å². The van der Waals surface area contributed by atoms with Gasteiger partial charge in [0.2, 0.25) is 5.91 Å². The van der Waals surface area contributed by atoms with E-state index < -0.39 is 18.0 Å². The second-order valence-electron chi connectivity index (χ2n) is 8.58. The number of furan rings is 1. The highest BCUT2D eigenvalue weighted by molar-refractivity contribution is 7.99. The fourth-order valence-corrected chi connectivity index (χ4v) is 4.36. The first-order valence-electron chi connectivity index (χ1n) is 12.6. The summed E-state index contributed by atoms with van der Waals surface area (Å²) in [6, 6.07) is 17.4. The zero-order valence-corrected chi connectivity index (χ0v) is 22.6. The zero-order chi connectivity index (χ0) is 27.9. The van der Waals surface area contributed by atoms with Gasteiger partial charge < -0.3 is 29.8 Å². The predicted molar refractivity (Wildman–Crippen MR) is 148 cm³/mol. The minimum absolute atomic E-state index is 0.107. The average Bonchev–Trinajstić information content (AvgIpc) is 3.40. The summed E-state index contributed by atoms with van der Waals surface area (Å²) in [5.74, 6) is -0.118. The normalized spacial score (nSPS) is 11.4. The second kappa shape index (κ2) is 16.1. The Bertz CT molecular complexity index is 1200. The van der Waals surface area contributed by atoms with Crippen LogP contribution in [0.5, 0.6) is 0 Å². The van der Waals surface area contributed by atoms with E-state index in [0.29, 0.717) is 30.7 Å². The van der Waals surface area contributed by atoms with Crippen molar-refractivity contribution in [1.82, 2.24) is 16.0 Å². The maximum absolute atomic E-state index is 12.9. The Morgan fingerprint density at radius 1 is 0.949 bits per heavy atom. The quantitative estimate of drug-likeness (QED) is 0.191. The van der Waals surface area contributed by atoms with Gasteiger partial charge >= 0.3 is 12.1 Å². The molecule has 0 aliphatic carbocycles. The maximum Gasteiger partial charge on any atom is 0.407 e. The largest absolute Gasteiger partial charge is 0.468 e. The topological polar surface area (TPSA) is 136 Å². The third-order valence-electron chi connectivity index (χ3n) is 5.64. The average molecular weight is 556 g/mol. The highest BCUT2D eigenvalue weighted by atomic mass is 32.2. The number of thioether (sulfide) groups is 1. The molecule has 10 nitrogen and oxygen atoms in total. The van der Waals surface area contributed by atoms with Crippen molar-refractivity contribution in [1.29, 1.82) is 0 Å². The predicted octanol–water partition coefficient (Wildman–Crippen LogP) is 3.65. The third-order valence-corrected chi connectivity index (χ3v) is 6.65. The Kier molecular flexibility index (Phi) is 12.2. The summed E-state index contributed by atoms with van der Waals surface area (Å²) in [6.45, 7) is 0.805. The van der Waals surface area contributed by atoms with Crippen LogP contribution in [0, 0.1) is 0 Å². The number of carbonyl (C=O) groups excluding carboxylic acids is 4. The molecule has 39 heavy (non-hydrogen) atoms. The van der Waals surface area contributed by atoms with Crippen molar-refractivity contribution in [2.24, 2.45) is 0 Å². The van der Waals surface area contributed by atoms with E-state index in [2.05, 4.69) is 20.7 Å². The van der Waals surface area contributed by atoms with Gasteiger partial charge in [-0.1, -0.05) is 48.5 Å². The van der Waals surface area contributed by atoms with Gasteiger partial charge in [0.05, 0.1) is 12.9 Å². The zero-order valence-electron chi connectivity index (χ0n) is 21.8. The highest BCUT2D eigenvalue weighted by Crippen LogP contribution is 2.19. The Hall–Kier alpha value is -3.99. The van der Waals surface area contributed by atoms with E-state index in [1.807, 2.05) is 48.5 Å². The molecule has 0 spiro atoms. The summed E-state index contributed by atoms with van der Waals surface area (Å²) in [4.78, 5) is 49.0. The Morgan fingerprint density at radius 2 is 1.69 bits per heavy atom. The van der Waals surface area contributed by atoms with Crippen LogP contribution in [-0.2, 0) is 25.7 Å². The molecular formula is C28H33N3O7S. The van der Waals surface area contributed by atoms with E-state index in [1.54, 1.807) is 12.1 Å². The number of carbonyl (C=O) groups is 4. The van der Waals surface area contributed by atoms with Gasteiger partial charge in [0.25, 0.3) is 5.91 Å². The van der Waals surface area contributed by atoms with E-state index in [9.17, 15) is 19.2 Å². The van der Waals surface area contributed by atoms with Crippen LogP contribution in [0.15, 0.2) is 65.1 Å². The third kappa shape index (κ3) is 10.4. The first-order valence-corrected chi connectivity index (χ1v) is 13.8. The smallest absolute Gasteiger partial charge is 0.407 e. The molecule has 208 valence electrons. The standard InChI is InChI=1S/C28H33N3O7S/c1-36-25(32)19-39-16-8-15-29-26(33)22(31-27(34)24-17-21-11-5-6-13-23(21)38-24)12-7-14-30-28(35)37-18-20-9-3-2-4-10-20/h2-6,9-11,13,17,22H,7-8,12,14-16,18-19H2,1H3,(H,29,33)(H,30,35)(H,31,34)/t22-/m0/s1. The molecule has 3 amide bonds. The van der Waals surface area contributed by atoms with Crippen LogP contribution >= 0.6 is 11.8 Å². The van der Waals surface area contributed by atoms with Crippen LogP contribution in [0.3, 0.4) is 0 Å².